The van der Waals surface area contributed by atoms with Crippen LogP contribution in [0.1, 0.15) is 170 Å². The predicted octanol–water partition coefficient (Wildman–Crippen LogP) is 18.1. The fourth-order valence-electron chi connectivity index (χ4n) is 9.66. The van der Waals surface area contributed by atoms with Crippen LogP contribution < -0.4 is 5.19 Å². The first-order valence-electron chi connectivity index (χ1n) is 29.7. The summed E-state index contributed by atoms with van der Waals surface area (Å²) in [7, 11) is -1.33. The number of hydrogen-bond donors (Lipinski definition) is 0. The first kappa shape index (κ1) is 42.5. The molecule has 8 aromatic rings. The summed E-state index contributed by atoms with van der Waals surface area (Å²) in [4.78, 5) is 13.7. The zero-order chi connectivity index (χ0) is 58.0. The molecule has 0 bridgehead atoms. The van der Waals surface area contributed by atoms with Gasteiger partial charge in [-0.25, -0.2) is 4.98 Å². The molecule has 1 aliphatic carbocycles. The van der Waals surface area contributed by atoms with E-state index in [4.69, 9.17) is 20.4 Å². The second-order valence-electron chi connectivity index (χ2n) is 22.9. The first-order chi connectivity index (χ1) is 36.6. The van der Waals surface area contributed by atoms with Gasteiger partial charge in [-0.1, -0.05) is 173 Å². The molecule has 4 heterocycles. The zero-order valence-corrected chi connectivity index (χ0v) is 47.5. The van der Waals surface area contributed by atoms with Crippen LogP contribution in [0.2, 0.25) is 19.6 Å². The Labute approximate surface area is 454 Å². The fourth-order valence-corrected chi connectivity index (χ4v) is 10.8. The van der Waals surface area contributed by atoms with Crippen LogP contribution in [0.5, 0.6) is 0 Å². The van der Waals surface area contributed by atoms with Gasteiger partial charge in [-0.05, 0) is 135 Å². The average molecular weight is 1150 g/mol. The Kier molecular flexibility index (Phi) is 12.9. The van der Waals surface area contributed by atoms with Gasteiger partial charge in [-0.3, -0.25) is 0 Å². The van der Waals surface area contributed by atoms with Crippen molar-refractivity contribution in [3.05, 3.63) is 155 Å². The Morgan fingerprint density at radius 3 is 2.04 bits per heavy atom. The van der Waals surface area contributed by atoms with Crippen molar-refractivity contribution in [2.75, 3.05) is 0 Å². The van der Waals surface area contributed by atoms with E-state index in [1.165, 1.54) is 23.0 Å². The zero-order valence-electron chi connectivity index (χ0n) is 53.1. The Bertz CT molecular complexity index is 3490. The van der Waals surface area contributed by atoms with Crippen molar-refractivity contribution in [2.45, 2.75) is 164 Å². The Balaban J connectivity index is 0.000000241. The van der Waals surface area contributed by atoms with E-state index < -0.39 is 39.5 Å². The molecule has 1 aliphatic rings. The SMILES string of the molecule is [2H]C([2H])([2H])c1ccc2c(n1)oc1c(-c3cc(-c4c(C(C)C)cc(C5([2H])CCCCC5)cc4C(C)C)c(C([2H])([2H])[2H])cn3)[c-]ccc12.[2H]C([2H])(c1cc(-c2[c-]ccc(-c3ccc([Si](C)(C)C)cc3)c2)ncc1C(C)(C)C)C(C)(C)C.[Ir]. The van der Waals surface area contributed by atoms with Crippen LogP contribution in [-0.4, -0.2) is 23.0 Å². The van der Waals surface area contributed by atoms with Crippen molar-refractivity contribution in [2.24, 2.45) is 5.41 Å². The van der Waals surface area contributed by atoms with Crippen molar-refractivity contribution in [3.8, 4) is 44.8 Å². The van der Waals surface area contributed by atoms with Crippen LogP contribution >= 0.6 is 0 Å². The fraction of sp³-hybridized carbons (Fsp3) is 0.400. The number of hydrogen-bond acceptors (Lipinski definition) is 4. The predicted molar refractivity (Wildman–Crippen MR) is 301 cm³/mol. The van der Waals surface area contributed by atoms with E-state index in [0.717, 1.165) is 82.1 Å². The molecule has 373 valence electrons. The molecule has 4 aromatic carbocycles. The van der Waals surface area contributed by atoms with E-state index >= 15 is 0 Å². The number of pyridine rings is 3. The van der Waals surface area contributed by atoms with E-state index in [9.17, 15) is 1.37 Å². The third-order valence-electron chi connectivity index (χ3n) is 13.4. The minimum absolute atomic E-state index is 0. The van der Waals surface area contributed by atoms with Gasteiger partial charge in [-0.15, -0.1) is 53.6 Å². The van der Waals surface area contributed by atoms with Crippen molar-refractivity contribution in [1.82, 2.24) is 15.0 Å². The van der Waals surface area contributed by atoms with Crippen molar-refractivity contribution in [1.29, 1.82) is 0 Å². The number of furan rings is 1. The third kappa shape index (κ3) is 12.3. The summed E-state index contributed by atoms with van der Waals surface area (Å²) in [6.07, 6.45) is 6.66. The molecule has 6 heteroatoms. The number of aryl methyl sites for hydroxylation is 2. The molecule has 1 saturated carbocycles. The third-order valence-corrected chi connectivity index (χ3v) is 15.5. The van der Waals surface area contributed by atoms with Gasteiger partial charge in [-0.2, -0.15) is 0 Å². The van der Waals surface area contributed by atoms with E-state index in [1.807, 2.05) is 51.2 Å². The van der Waals surface area contributed by atoms with E-state index in [1.54, 1.807) is 12.1 Å². The number of benzene rings is 4. The van der Waals surface area contributed by atoms with Gasteiger partial charge in [0.05, 0.1) is 13.7 Å². The molecule has 0 N–H and O–H groups in total. The molecule has 1 radical (unpaired) electrons. The summed E-state index contributed by atoms with van der Waals surface area (Å²) in [5.41, 5.74) is 11.1. The van der Waals surface area contributed by atoms with Gasteiger partial charge >= 0.3 is 0 Å². The average Bonchev–Trinajstić information content (AvgIpc) is 3.76. The van der Waals surface area contributed by atoms with Gasteiger partial charge in [0, 0.05) is 55.9 Å². The molecule has 4 aromatic heterocycles. The maximum Gasteiger partial charge on any atom is 0.216 e. The van der Waals surface area contributed by atoms with E-state index in [0.29, 0.717) is 33.4 Å². The van der Waals surface area contributed by atoms with Gasteiger partial charge in [0.1, 0.15) is 0 Å². The van der Waals surface area contributed by atoms with Crippen molar-refractivity contribution in [3.63, 3.8) is 0 Å². The molecule has 4 nitrogen and oxygen atoms in total. The van der Waals surface area contributed by atoms with Crippen LogP contribution in [0.3, 0.4) is 0 Å². The molecular weight excluding hydrogens is 1060 g/mol. The molecule has 0 atom stereocenters. The molecular formula is C65H77IrN3OSi-2. The van der Waals surface area contributed by atoms with Crippen LogP contribution in [0.25, 0.3) is 66.8 Å². The second-order valence-corrected chi connectivity index (χ2v) is 28.0. The topological polar surface area (TPSA) is 51.8 Å². The van der Waals surface area contributed by atoms with Gasteiger partial charge < -0.3 is 14.4 Å². The normalized spacial score (nSPS) is 16.6. The second kappa shape index (κ2) is 21.6. The molecule has 0 saturated heterocycles. The van der Waals surface area contributed by atoms with Crippen LogP contribution in [0.15, 0.2) is 108 Å². The van der Waals surface area contributed by atoms with Crippen LogP contribution in [-0.2, 0) is 31.9 Å². The molecule has 9 rings (SSSR count). The number of nitrogens with zero attached hydrogens (tertiary/aromatic N) is 3. The van der Waals surface area contributed by atoms with E-state index in [-0.39, 0.29) is 54.3 Å². The summed E-state index contributed by atoms with van der Waals surface area (Å²) >= 11 is 0. The standard InChI is InChI=1S/C36H39N2O.C29H38NSi.Ir/c1-21(2)30-17-26(25-11-8-7-9-12-25)18-31(22(3)4)34(30)32-19-33(37-20-23(32)5)29-14-10-13-27-28-16-15-24(6)38-36(28)39-35(27)29;1-28(2,3)19-24-18-27(30-20-26(24)29(4,5)6)23-12-10-11-22(17-23)21-13-15-25(16-14-21)31(7,8)9;/h10,13,15-22,25H,7-9,11-12H2,1-6H3;10-11,13-18,20H,19H2,1-9H3;/q2*-1;/i5D3,6D3,25D;19D2;. The summed E-state index contributed by atoms with van der Waals surface area (Å²) in [6, 6.07) is 36.5. The van der Waals surface area contributed by atoms with Crippen molar-refractivity contribution < 1.29 is 36.9 Å². The van der Waals surface area contributed by atoms with Crippen LogP contribution in [0.4, 0.5) is 0 Å². The van der Waals surface area contributed by atoms with E-state index in [2.05, 4.69) is 139 Å². The number of fused-ring (bicyclic) bond motifs is 3. The largest absolute Gasteiger partial charge is 0.486 e. The smallest absolute Gasteiger partial charge is 0.216 e. The molecule has 0 aliphatic heterocycles. The van der Waals surface area contributed by atoms with Crippen molar-refractivity contribution >= 4 is 35.3 Å². The summed E-state index contributed by atoms with van der Waals surface area (Å²) in [5.74, 6) is -0.506. The Hall–Kier alpha value is -5.00. The summed E-state index contributed by atoms with van der Waals surface area (Å²) in [6.45, 7) is 22.9. The summed E-state index contributed by atoms with van der Waals surface area (Å²) < 4.78 is 82.3. The minimum atomic E-state index is -2.42. The number of rotatable bonds is 9. The first-order valence-corrected chi connectivity index (χ1v) is 28.7. The quantitative estimate of drug-likeness (QED) is 0.107. The van der Waals surface area contributed by atoms with Gasteiger partial charge in [0.2, 0.25) is 5.71 Å². The maximum atomic E-state index is 9.42. The van der Waals surface area contributed by atoms with Gasteiger partial charge in [0.15, 0.2) is 0 Å². The monoisotopic (exact) mass is 1150 g/mol. The molecule has 0 amide bonds. The minimum Gasteiger partial charge on any atom is -0.486 e. The molecule has 71 heavy (non-hydrogen) atoms. The molecule has 1 fully saturated rings. The maximum absolute atomic E-state index is 9.42. The molecule has 0 spiro atoms. The van der Waals surface area contributed by atoms with Crippen LogP contribution in [0, 0.1) is 31.3 Å². The number of aromatic nitrogens is 3. The Morgan fingerprint density at radius 2 is 1.42 bits per heavy atom. The Morgan fingerprint density at radius 1 is 0.746 bits per heavy atom. The van der Waals surface area contributed by atoms with Gasteiger partial charge in [0.25, 0.3) is 0 Å². The molecule has 0 unspecified atom stereocenters. The summed E-state index contributed by atoms with van der Waals surface area (Å²) in [5, 5.41) is 2.85.